The van der Waals surface area contributed by atoms with Gasteiger partial charge in [0.25, 0.3) is 0 Å². The summed E-state index contributed by atoms with van der Waals surface area (Å²) in [4.78, 5) is 18.8. The van der Waals surface area contributed by atoms with Crippen molar-refractivity contribution in [1.29, 1.82) is 0 Å². The first kappa shape index (κ1) is 15.9. The van der Waals surface area contributed by atoms with Crippen LogP contribution in [0, 0.1) is 13.8 Å². The fourth-order valence-corrected chi connectivity index (χ4v) is 3.86. The SMILES string of the molecule is Cc1noc(C)c1-c1ccc2c(c1)nc(C1CCCC(=O)N1C)n2C. The van der Waals surface area contributed by atoms with Crippen molar-refractivity contribution in [1.82, 2.24) is 19.6 Å². The van der Waals surface area contributed by atoms with Crippen molar-refractivity contribution in [2.24, 2.45) is 7.05 Å². The molecule has 6 nitrogen and oxygen atoms in total. The summed E-state index contributed by atoms with van der Waals surface area (Å²) < 4.78 is 7.40. The molecule has 6 heteroatoms. The van der Waals surface area contributed by atoms with Crippen LogP contribution in [0.15, 0.2) is 22.7 Å². The summed E-state index contributed by atoms with van der Waals surface area (Å²) in [5, 5.41) is 4.04. The number of aryl methyl sites for hydroxylation is 3. The topological polar surface area (TPSA) is 64.2 Å². The highest BCUT2D eigenvalue weighted by atomic mass is 16.5. The second kappa shape index (κ2) is 5.72. The van der Waals surface area contributed by atoms with Gasteiger partial charge in [-0.15, -0.1) is 0 Å². The third kappa shape index (κ3) is 2.44. The molecule has 0 spiro atoms. The highest BCUT2D eigenvalue weighted by molar-refractivity contribution is 5.84. The van der Waals surface area contributed by atoms with Crippen LogP contribution in [0.4, 0.5) is 0 Å². The molecule has 0 bridgehead atoms. The number of hydrogen-bond acceptors (Lipinski definition) is 4. The largest absolute Gasteiger partial charge is 0.361 e. The first-order valence-electron chi connectivity index (χ1n) is 8.62. The minimum atomic E-state index is 0.0427. The van der Waals surface area contributed by atoms with Crippen molar-refractivity contribution >= 4 is 16.9 Å². The quantitative estimate of drug-likeness (QED) is 0.717. The molecule has 3 heterocycles. The van der Waals surface area contributed by atoms with Crippen LogP contribution in [0.1, 0.15) is 42.6 Å². The number of carbonyl (C=O) groups is 1. The monoisotopic (exact) mass is 338 g/mol. The molecule has 0 N–H and O–H groups in total. The lowest BCUT2D eigenvalue weighted by molar-refractivity contribution is -0.135. The number of imidazole rings is 1. The van der Waals surface area contributed by atoms with Gasteiger partial charge < -0.3 is 14.0 Å². The number of amides is 1. The molecule has 1 unspecified atom stereocenters. The molecule has 130 valence electrons. The van der Waals surface area contributed by atoms with Crippen LogP contribution in [0.5, 0.6) is 0 Å². The first-order chi connectivity index (χ1) is 12.0. The Bertz CT molecular complexity index is 950. The number of nitrogens with zero attached hydrogens (tertiary/aromatic N) is 4. The van der Waals surface area contributed by atoms with Gasteiger partial charge in [-0.3, -0.25) is 4.79 Å². The molecule has 0 radical (unpaired) electrons. The van der Waals surface area contributed by atoms with Gasteiger partial charge in [0.05, 0.1) is 22.8 Å². The fourth-order valence-electron chi connectivity index (χ4n) is 3.86. The lowest BCUT2D eigenvalue weighted by atomic mass is 10.0. The Hall–Kier alpha value is -2.63. The summed E-state index contributed by atoms with van der Waals surface area (Å²) >= 11 is 0. The van der Waals surface area contributed by atoms with E-state index in [1.165, 1.54) is 0 Å². The van der Waals surface area contributed by atoms with Crippen LogP contribution in [0.25, 0.3) is 22.2 Å². The Morgan fingerprint density at radius 1 is 1.24 bits per heavy atom. The predicted molar refractivity (Wildman–Crippen MR) is 95.0 cm³/mol. The van der Waals surface area contributed by atoms with E-state index < -0.39 is 0 Å². The van der Waals surface area contributed by atoms with E-state index in [1.807, 2.05) is 32.8 Å². The maximum atomic E-state index is 12.1. The summed E-state index contributed by atoms with van der Waals surface area (Å²) in [5.74, 6) is 1.95. The summed E-state index contributed by atoms with van der Waals surface area (Å²) in [5.41, 5.74) is 4.96. The molecular formula is C19H22N4O2. The highest BCUT2D eigenvalue weighted by Gasteiger charge is 2.29. The summed E-state index contributed by atoms with van der Waals surface area (Å²) in [7, 11) is 3.90. The van der Waals surface area contributed by atoms with E-state index in [4.69, 9.17) is 9.51 Å². The van der Waals surface area contributed by atoms with E-state index >= 15 is 0 Å². The number of benzene rings is 1. The molecule has 25 heavy (non-hydrogen) atoms. The normalized spacial score (nSPS) is 18.3. The Kier molecular flexibility index (Phi) is 3.63. The molecule has 1 aliphatic rings. The number of piperidine rings is 1. The third-order valence-electron chi connectivity index (χ3n) is 5.26. The van der Waals surface area contributed by atoms with E-state index in [2.05, 4.69) is 27.9 Å². The number of carbonyl (C=O) groups excluding carboxylic acids is 1. The lowest BCUT2D eigenvalue weighted by Crippen LogP contribution is -2.36. The third-order valence-corrected chi connectivity index (χ3v) is 5.26. The molecule has 1 saturated heterocycles. The number of hydrogen-bond donors (Lipinski definition) is 0. The Morgan fingerprint density at radius 3 is 2.76 bits per heavy atom. The van der Waals surface area contributed by atoms with Crippen molar-refractivity contribution in [3.8, 4) is 11.1 Å². The van der Waals surface area contributed by atoms with Crippen LogP contribution in [-0.2, 0) is 11.8 Å². The molecule has 0 saturated carbocycles. The zero-order valence-corrected chi connectivity index (χ0v) is 15.0. The van der Waals surface area contributed by atoms with Crippen LogP contribution in [-0.4, -0.2) is 32.6 Å². The van der Waals surface area contributed by atoms with Gasteiger partial charge in [0.1, 0.15) is 11.6 Å². The van der Waals surface area contributed by atoms with Gasteiger partial charge in [-0.05, 0) is 44.4 Å². The molecule has 3 aromatic rings. The van der Waals surface area contributed by atoms with Gasteiger partial charge in [-0.1, -0.05) is 11.2 Å². The van der Waals surface area contributed by atoms with Crippen molar-refractivity contribution in [3.05, 3.63) is 35.5 Å². The minimum Gasteiger partial charge on any atom is -0.361 e. The second-order valence-electron chi connectivity index (χ2n) is 6.84. The lowest BCUT2D eigenvalue weighted by Gasteiger charge is -2.31. The maximum Gasteiger partial charge on any atom is 0.222 e. The van der Waals surface area contributed by atoms with E-state index in [9.17, 15) is 4.79 Å². The van der Waals surface area contributed by atoms with Gasteiger partial charge >= 0.3 is 0 Å². The molecule has 0 aliphatic carbocycles. The Balaban J connectivity index is 1.81. The zero-order valence-electron chi connectivity index (χ0n) is 15.0. The summed E-state index contributed by atoms with van der Waals surface area (Å²) in [6, 6.07) is 6.28. The van der Waals surface area contributed by atoms with E-state index in [0.29, 0.717) is 6.42 Å². The molecule has 1 fully saturated rings. The summed E-state index contributed by atoms with van der Waals surface area (Å²) in [6.45, 7) is 3.87. The van der Waals surface area contributed by atoms with Gasteiger partial charge in [0.2, 0.25) is 5.91 Å². The van der Waals surface area contributed by atoms with E-state index in [-0.39, 0.29) is 11.9 Å². The van der Waals surface area contributed by atoms with Gasteiger partial charge in [-0.2, -0.15) is 0 Å². The molecule has 1 aromatic carbocycles. The molecule has 2 aromatic heterocycles. The number of aromatic nitrogens is 3. The molecule has 1 amide bonds. The predicted octanol–water partition coefficient (Wildman–Crippen LogP) is 3.53. The smallest absolute Gasteiger partial charge is 0.222 e. The fraction of sp³-hybridized carbons (Fsp3) is 0.421. The van der Waals surface area contributed by atoms with Crippen LogP contribution in [0.3, 0.4) is 0 Å². The van der Waals surface area contributed by atoms with Crippen molar-refractivity contribution in [2.45, 2.75) is 39.2 Å². The van der Waals surface area contributed by atoms with Gasteiger partial charge in [0.15, 0.2) is 0 Å². The Morgan fingerprint density at radius 2 is 2.04 bits per heavy atom. The second-order valence-corrected chi connectivity index (χ2v) is 6.84. The number of rotatable bonds is 2. The van der Waals surface area contributed by atoms with Crippen molar-refractivity contribution in [2.75, 3.05) is 7.05 Å². The Labute approximate surface area is 146 Å². The first-order valence-corrected chi connectivity index (χ1v) is 8.62. The molecule has 1 aliphatic heterocycles. The van der Waals surface area contributed by atoms with Crippen molar-refractivity contribution < 1.29 is 9.32 Å². The van der Waals surface area contributed by atoms with E-state index in [0.717, 1.165) is 52.3 Å². The highest BCUT2D eigenvalue weighted by Crippen LogP contribution is 2.33. The average Bonchev–Trinajstić information content (AvgIpc) is 3.09. The number of likely N-dealkylation sites (tertiary alicyclic amines) is 1. The standard InChI is InChI=1S/C19H22N4O2/c1-11-18(12(2)25-21-11)13-8-9-15-14(10-13)20-19(23(15)4)16-6-5-7-17(24)22(16)3/h8-10,16H,5-7H2,1-4H3. The van der Waals surface area contributed by atoms with Gasteiger partial charge in [-0.25, -0.2) is 4.98 Å². The molecule has 1 atom stereocenters. The average molecular weight is 338 g/mol. The zero-order chi connectivity index (χ0) is 17.7. The minimum absolute atomic E-state index is 0.0427. The van der Waals surface area contributed by atoms with Gasteiger partial charge in [0, 0.05) is 26.1 Å². The van der Waals surface area contributed by atoms with Crippen LogP contribution in [0.2, 0.25) is 0 Å². The maximum absolute atomic E-state index is 12.1. The summed E-state index contributed by atoms with van der Waals surface area (Å²) in [6.07, 6.45) is 2.50. The van der Waals surface area contributed by atoms with Crippen molar-refractivity contribution in [3.63, 3.8) is 0 Å². The molecule has 4 rings (SSSR count). The molecular weight excluding hydrogens is 316 g/mol. The van der Waals surface area contributed by atoms with Crippen LogP contribution < -0.4 is 0 Å². The number of fused-ring (bicyclic) bond motifs is 1. The van der Waals surface area contributed by atoms with Crippen LogP contribution >= 0.6 is 0 Å². The van der Waals surface area contributed by atoms with E-state index in [1.54, 1.807) is 0 Å².